The number of amides is 1. The van der Waals surface area contributed by atoms with Crippen molar-refractivity contribution in [2.45, 2.75) is 19.3 Å². The van der Waals surface area contributed by atoms with Gasteiger partial charge in [0.25, 0.3) is 5.91 Å². The van der Waals surface area contributed by atoms with Crippen molar-refractivity contribution in [3.8, 4) is 17.2 Å². The first-order chi connectivity index (χ1) is 11.1. The van der Waals surface area contributed by atoms with Gasteiger partial charge in [-0.25, -0.2) is 0 Å². The van der Waals surface area contributed by atoms with Crippen LogP contribution in [-0.2, 0) is 6.42 Å². The zero-order chi connectivity index (χ0) is 16.0. The predicted molar refractivity (Wildman–Crippen MR) is 82.5 cm³/mol. The van der Waals surface area contributed by atoms with Crippen LogP contribution in [0.4, 0.5) is 0 Å². The number of nitrogens with two attached hydrogens (primary N) is 1. The van der Waals surface area contributed by atoms with Crippen LogP contribution in [0.1, 0.15) is 39.3 Å². The highest BCUT2D eigenvalue weighted by Crippen LogP contribution is 2.35. The zero-order valence-corrected chi connectivity index (χ0v) is 12.5. The number of ketones is 1. The summed E-state index contributed by atoms with van der Waals surface area (Å²) in [5.74, 6) is 0.773. The molecule has 118 valence electrons. The Balaban J connectivity index is 1.88. The minimum Gasteiger partial charge on any atom is -0.486 e. The van der Waals surface area contributed by atoms with Crippen molar-refractivity contribution in [2.24, 2.45) is 5.73 Å². The second-order valence-corrected chi connectivity index (χ2v) is 5.70. The van der Waals surface area contributed by atoms with Gasteiger partial charge in [-0.3, -0.25) is 9.59 Å². The number of Topliss-reactive ketones (excluding diaryl/α,β-unsaturated/α-hetero) is 1. The molecule has 6 heteroatoms. The van der Waals surface area contributed by atoms with Gasteiger partial charge in [0.1, 0.15) is 13.2 Å². The molecule has 2 aliphatic rings. The van der Waals surface area contributed by atoms with E-state index in [9.17, 15) is 9.59 Å². The average Bonchev–Trinajstić information content (AvgIpc) is 2.96. The van der Waals surface area contributed by atoms with Gasteiger partial charge in [0.2, 0.25) is 0 Å². The van der Waals surface area contributed by atoms with E-state index in [4.69, 9.17) is 15.2 Å². The molecule has 6 nitrogen and oxygen atoms in total. The summed E-state index contributed by atoms with van der Waals surface area (Å²) in [6, 6.07) is 5.58. The molecule has 1 aliphatic heterocycles. The quantitative estimate of drug-likeness (QED) is 0.917. The summed E-state index contributed by atoms with van der Waals surface area (Å²) >= 11 is 0. The van der Waals surface area contributed by atoms with Crippen molar-refractivity contribution in [2.75, 3.05) is 13.2 Å². The van der Waals surface area contributed by atoms with Crippen LogP contribution in [0.3, 0.4) is 0 Å². The molecule has 1 aromatic carbocycles. The van der Waals surface area contributed by atoms with Crippen LogP contribution in [0.25, 0.3) is 5.69 Å². The summed E-state index contributed by atoms with van der Waals surface area (Å²) in [5.41, 5.74) is 7.88. The molecule has 0 atom stereocenters. The molecule has 0 bridgehead atoms. The lowest BCUT2D eigenvalue weighted by molar-refractivity contribution is 0.0950. The molecule has 2 heterocycles. The molecule has 23 heavy (non-hydrogen) atoms. The summed E-state index contributed by atoms with van der Waals surface area (Å²) in [6.07, 6.45) is 3.63. The van der Waals surface area contributed by atoms with Crippen LogP contribution in [-0.4, -0.2) is 29.5 Å². The number of primary amides is 1. The van der Waals surface area contributed by atoms with Crippen LogP contribution in [0.2, 0.25) is 0 Å². The maximum Gasteiger partial charge on any atom is 0.251 e. The first kappa shape index (κ1) is 13.9. The summed E-state index contributed by atoms with van der Waals surface area (Å²) < 4.78 is 13.0. The number of carbonyl (C=O) groups is 2. The Kier molecular flexibility index (Phi) is 3.11. The van der Waals surface area contributed by atoms with Gasteiger partial charge in [0.15, 0.2) is 17.3 Å². The van der Waals surface area contributed by atoms with Gasteiger partial charge in [-0.1, -0.05) is 0 Å². The summed E-state index contributed by atoms with van der Waals surface area (Å²) in [5, 5.41) is 0. The van der Waals surface area contributed by atoms with Gasteiger partial charge in [0, 0.05) is 30.1 Å². The van der Waals surface area contributed by atoms with Gasteiger partial charge in [-0.2, -0.15) is 0 Å². The Hall–Kier alpha value is -2.76. The van der Waals surface area contributed by atoms with E-state index in [1.54, 1.807) is 6.20 Å². The van der Waals surface area contributed by atoms with Crippen LogP contribution < -0.4 is 15.2 Å². The first-order valence-electron chi connectivity index (χ1n) is 7.62. The van der Waals surface area contributed by atoms with Crippen LogP contribution in [0.5, 0.6) is 11.5 Å². The van der Waals surface area contributed by atoms with E-state index in [0.717, 1.165) is 24.2 Å². The monoisotopic (exact) mass is 312 g/mol. The van der Waals surface area contributed by atoms with Crippen molar-refractivity contribution >= 4 is 11.7 Å². The standard InChI is InChI=1S/C17H16N2O4/c18-17(21)11-9-19(12-2-1-3-13(20)16(11)12)10-4-5-14-15(8-10)23-7-6-22-14/h4-5,8-9H,1-3,6-7H2,(H2,18,21). The third kappa shape index (κ3) is 2.18. The minimum absolute atomic E-state index is 0.0173. The largest absolute Gasteiger partial charge is 0.486 e. The second kappa shape index (κ2) is 5.15. The highest BCUT2D eigenvalue weighted by atomic mass is 16.6. The summed E-state index contributed by atoms with van der Waals surface area (Å²) in [4.78, 5) is 23.9. The average molecular weight is 312 g/mol. The maximum atomic E-state index is 12.2. The maximum absolute atomic E-state index is 12.2. The van der Waals surface area contributed by atoms with E-state index in [1.807, 2.05) is 22.8 Å². The number of fused-ring (bicyclic) bond motifs is 2. The third-order valence-electron chi connectivity index (χ3n) is 4.27. The molecule has 0 saturated heterocycles. The molecular weight excluding hydrogens is 296 g/mol. The van der Waals surface area contributed by atoms with Crippen LogP contribution >= 0.6 is 0 Å². The van der Waals surface area contributed by atoms with Crippen molar-refractivity contribution in [3.63, 3.8) is 0 Å². The molecule has 0 fully saturated rings. The molecule has 1 amide bonds. The second-order valence-electron chi connectivity index (χ2n) is 5.70. The van der Waals surface area contributed by atoms with E-state index >= 15 is 0 Å². The molecule has 1 aromatic heterocycles. The van der Waals surface area contributed by atoms with Gasteiger partial charge in [-0.15, -0.1) is 0 Å². The van der Waals surface area contributed by atoms with E-state index in [2.05, 4.69) is 0 Å². The van der Waals surface area contributed by atoms with Crippen molar-refractivity contribution in [3.05, 3.63) is 41.2 Å². The molecular formula is C17H16N2O4. The fraction of sp³-hybridized carbons (Fsp3) is 0.294. The number of aromatic nitrogens is 1. The number of hydrogen-bond acceptors (Lipinski definition) is 4. The Labute approximate surface area is 132 Å². The number of ether oxygens (including phenoxy) is 2. The van der Waals surface area contributed by atoms with Crippen LogP contribution in [0.15, 0.2) is 24.4 Å². The molecule has 0 saturated carbocycles. The van der Waals surface area contributed by atoms with E-state index in [0.29, 0.717) is 42.3 Å². The topological polar surface area (TPSA) is 83.6 Å². The molecule has 2 N–H and O–H groups in total. The number of rotatable bonds is 2. The molecule has 0 radical (unpaired) electrons. The van der Waals surface area contributed by atoms with Crippen molar-refractivity contribution in [1.82, 2.24) is 4.57 Å². The third-order valence-corrected chi connectivity index (χ3v) is 4.27. The Morgan fingerprint density at radius 2 is 1.91 bits per heavy atom. The highest BCUT2D eigenvalue weighted by molar-refractivity contribution is 6.09. The summed E-state index contributed by atoms with van der Waals surface area (Å²) in [7, 11) is 0. The number of benzene rings is 1. The molecule has 1 aliphatic carbocycles. The lowest BCUT2D eigenvalue weighted by Gasteiger charge is -2.20. The molecule has 0 unspecified atom stereocenters. The van der Waals surface area contributed by atoms with Gasteiger partial charge >= 0.3 is 0 Å². The van der Waals surface area contributed by atoms with Crippen molar-refractivity contribution in [1.29, 1.82) is 0 Å². The number of hydrogen-bond donors (Lipinski definition) is 1. The van der Waals surface area contributed by atoms with Gasteiger partial charge in [0.05, 0.1) is 11.1 Å². The fourth-order valence-electron chi connectivity index (χ4n) is 3.24. The summed E-state index contributed by atoms with van der Waals surface area (Å²) in [6.45, 7) is 1.04. The minimum atomic E-state index is -0.576. The highest BCUT2D eigenvalue weighted by Gasteiger charge is 2.28. The first-order valence-corrected chi connectivity index (χ1v) is 7.62. The van der Waals surface area contributed by atoms with Crippen LogP contribution in [0, 0.1) is 0 Å². The smallest absolute Gasteiger partial charge is 0.251 e. The molecule has 0 spiro atoms. The Morgan fingerprint density at radius 3 is 2.70 bits per heavy atom. The molecule has 4 rings (SSSR count). The SMILES string of the molecule is NC(=O)c1cn(-c2ccc3c(c2)OCCO3)c2c1C(=O)CCC2. The Morgan fingerprint density at radius 1 is 1.13 bits per heavy atom. The van der Waals surface area contributed by atoms with Gasteiger partial charge in [-0.05, 0) is 25.0 Å². The Bertz CT molecular complexity index is 822. The lowest BCUT2D eigenvalue weighted by atomic mass is 9.93. The molecule has 2 aromatic rings. The van der Waals surface area contributed by atoms with Crippen molar-refractivity contribution < 1.29 is 19.1 Å². The van der Waals surface area contributed by atoms with E-state index < -0.39 is 5.91 Å². The van der Waals surface area contributed by atoms with E-state index in [1.165, 1.54) is 0 Å². The zero-order valence-electron chi connectivity index (χ0n) is 12.5. The number of nitrogens with zero attached hydrogens (tertiary/aromatic N) is 1. The normalized spacial score (nSPS) is 16.1. The predicted octanol–water partition coefficient (Wildman–Crippen LogP) is 1.87. The number of carbonyl (C=O) groups excluding carboxylic acids is 2. The fourth-order valence-corrected chi connectivity index (χ4v) is 3.24. The lowest BCUT2D eigenvalue weighted by Crippen LogP contribution is -2.18. The van der Waals surface area contributed by atoms with E-state index in [-0.39, 0.29) is 5.78 Å². The van der Waals surface area contributed by atoms with Gasteiger partial charge < -0.3 is 19.8 Å².